The molecule has 2 heterocycles. The number of amides is 1. The molecule has 5 nitrogen and oxygen atoms in total. The summed E-state index contributed by atoms with van der Waals surface area (Å²) < 4.78 is 11.0. The van der Waals surface area contributed by atoms with Gasteiger partial charge >= 0.3 is 6.09 Å². The van der Waals surface area contributed by atoms with Crippen molar-refractivity contribution in [1.82, 2.24) is 10.3 Å². The number of alkyl carbamates (subject to hydrolysis) is 1. The van der Waals surface area contributed by atoms with Gasteiger partial charge in [-0.15, -0.1) is 0 Å². The molecule has 24 heavy (non-hydrogen) atoms. The van der Waals surface area contributed by atoms with Gasteiger partial charge in [-0.05, 0) is 24.1 Å². The lowest BCUT2D eigenvalue weighted by atomic mass is 9.85. The minimum Gasteiger partial charge on any atom is -0.491 e. The van der Waals surface area contributed by atoms with Crippen LogP contribution in [0.4, 0.5) is 4.79 Å². The van der Waals surface area contributed by atoms with E-state index >= 15 is 0 Å². The fraction of sp³-hybridized carbons (Fsp3) is 0.368. The summed E-state index contributed by atoms with van der Waals surface area (Å²) >= 11 is 0. The molecule has 1 N–H and O–H groups in total. The fourth-order valence-electron chi connectivity index (χ4n) is 2.97. The number of carbonyl (C=O) groups is 1. The molecule has 1 aliphatic heterocycles. The maximum absolute atomic E-state index is 12.0. The number of hydrogen-bond donors (Lipinski definition) is 1. The molecule has 5 heteroatoms. The molecule has 0 unspecified atom stereocenters. The number of aromatic nitrogens is 1. The van der Waals surface area contributed by atoms with E-state index in [2.05, 4.69) is 17.2 Å². The summed E-state index contributed by atoms with van der Waals surface area (Å²) in [6, 6.07) is 13.4. The average molecular weight is 326 g/mol. The van der Waals surface area contributed by atoms with Crippen molar-refractivity contribution < 1.29 is 14.3 Å². The van der Waals surface area contributed by atoms with Gasteiger partial charge in [0.1, 0.15) is 12.4 Å². The van der Waals surface area contributed by atoms with E-state index < -0.39 is 6.09 Å². The van der Waals surface area contributed by atoms with Crippen molar-refractivity contribution in [2.45, 2.75) is 25.9 Å². The van der Waals surface area contributed by atoms with Crippen molar-refractivity contribution in [3.63, 3.8) is 0 Å². The highest BCUT2D eigenvalue weighted by Gasteiger charge is 2.31. The van der Waals surface area contributed by atoms with Crippen molar-refractivity contribution in [3.8, 4) is 5.75 Å². The van der Waals surface area contributed by atoms with Crippen LogP contribution in [-0.4, -0.2) is 24.2 Å². The van der Waals surface area contributed by atoms with Crippen LogP contribution in [0.15, 0.2) is 48.7 Å². The zero-order valence-electron chi connectivity index (χ0n) is 13.8. The minimum atomic E-state index is -0.405. The average Bonchev–Trinajstić information content (AvgIpc) is 2.65. The monoisotopic (exact) mass is 326 g/mol. The Labute approximate surface area is 142 Å². The lowest BCUT2D eigenvalue weighted by Crippen LogP contribution is -2.36. The molecule has 1 aromatic heterocycles. The second-order valence-electron chi connectivity index (χ2n) is 5.92. The molecule has 0 bridgehead atoms. The molecule has 0 fully saturated rings. The van der Waals surface area contributed by atoms with Crippen molar-refractivity contribution in [3.05, 3.63) is 59.9 Å². The number of carbonyl (C=O) groups excluding carboxylic acids is 1. The van der Waals surface area contributed by atoms with Crippen LogP contribution >= 0.6 is 0 Å². The first-order valence-corrected chi connectivity index (χ1v) is 8.30. The zero-order chi connectivity index (χ0) is 16.8. The van der Waals surface area contributed by atoms with E-state index in [-0.39, 0.29) is 12.5 Å². The van der Waals surface area contributed by atoms with Crippen LogP contribution in [0, 0.1) is 5.92 Å². The van der Waals surface area contributed by atoms with Gasteiger partial charge in [0.25, 0.3) is 0 Å². The molecule has 1 amide bonds. The Morgan fingerprint density at radius 2 is 2.12 bits per heavy atom. The third-order valence-corrected chi connectivity index (χ3v) is 4.38. The first-order chi connectivity index (χ1) is 11.8. The first kappa shape index (κ1) is 16.3. The van der Waals surface area contributed by atoms with Crippen molar-refractivity contribution >= 4 is 6.09 Å². The maximum Gasteiger partial charge on any atom is 0.407 e. The molecule has 0 radical (unpaired) electrons. The van der Waals surface area contributed by atoms with Gasteiger partial charge in [0.05, 0.1) is 12.3 Å². The van der Waals surface area contributed by atoms with Crippen molar-refractivity contribution in [2.24, 2.45) is 5.92 Å². The van der Waals surface area contributed by atoms with E-state index in [0.29, 0.717) is 19.1 Å². The predicted molar refractivity (Wildman–Crippen MR) is 90.9 cm³/mol. The van der Waals surface area contributed by atoms with E-state index in [1.807, 2.05) is 42.5 Å². The molecule has 1 aliphatic rings. The van der Waals surface area contributed by atoms with Gasteiger partial charge in [-0.3, -0.25) is 4.98 Å². The third kappa shape index (κ3) is 3.85. The van der Waals surface area contributed by atoms with Gasteiger partial charge in [-0.1, -0.05) is 37.3 Å². The second kappa shape index (κ2) is 7.81. The number of nitrogens with one attached hydrogen (secondary N) is 1. The standard InChI is InChI=1S/C19H22N2O3/c1-2-15-13-23-17-9-6-10-20-18(17)16(15)11-21-19(22)24-12-14-7-4-3-5-8-14/h3-10,15-16H,2,11-13H2,1H3,(H,21,22)/t15-,16-/m1/s1. The zero-order valence-corrected chi connectivity index (χ0v) is 13.8. The normalized spacial score (nSPS) is 19.0. The summed E-state index contributed by atoms with van der Waals surface area (Å²) in [5.74, 6) is 1.29. The van der Waals surface area contributed by atoms with E-state index in [1.54, 1.807) is 6.20 Å². The number of rotatable bonds is 5. The Morgan fingerprint density at radius 1 is 1.29 bits per heavy atom. The molecule has 2 aromatic rings. The van der Waals surface area contributed by atoms with E-state index in [9.17, 15) is 4.79 Å². The van der Waals surface area contributed by atoms with Gasteiger partial charge in [0, 0.05) is 24.6 Å². The van der Waals surface area contributed by atoms with Gasteiger partial charge in [0.2, 0.25) is 0 Å². The molecule has 3 rings (SSSR count). The van der Waals surface area contributed by atoms with Crippen LogP contribution in [-0.2, 0) is 11.3 Å². The summed E-state index contributed by atoms with van der Waals surface area (Å²) in [5.41, 5.74) is 1.89. The number of fused-ring (bicyclic) bond motifs is 1. The summed E-state index contributed by atoms with van der Waals surface area (Å²) in [5, 5.41) is 2.87. The molecular weight excluding hydrogens is 304 g/mol. The number of nitrogens with zero attached hydrogens (tertiary/aromatic N) is 1. The lowest BCUT2D eigenvalue weighted by molar-refractivity contribution is 0.134. The van der Waals surface area contributed by atoms with Crippen LogP contribution in [0.25, 0.3) is 0 Å². The molecule has 1 aromatic carbocycles. The lowest BCUT2D eigenvalue weighted by Gasteiger charge is -2.32. The van der Waals surface area contributed by atoms with Crippen LogP contribution in [0.2, 0.25) is 0 Å². The molecule has 2 atom stereocenters. The molecule has 0 spiro atoms. The number of benzene rings is 1. The van der Waals surface area contributed by atoms with E-state index in [0.717, 1.165) is 23.4 Å². The number of hydrogen-bond acceptors (Lipinski definition) is 4. The molecular formula is C19H22N2O3. The topological polar surface area (TPSA) is 60.5 Å². The fourth-order valence-corrected chi connectivity index (χ4v) is 2.97. The highest BCUT2D eigenvalue weighted by Crippen LogP contribution is 2.36. The molecule has 0 aliphatic carbocycles. The Morgan fingerprint density at radius 3 is 2.92 bits per heavy atom. The van der Waals surface area contributed by atoms with Gasteiger partial charge in [-0.25, -0.2) is 4.79 Å². The van der Waals surface area contributed by atoms with Crippen LogP contribution in [0.3, 0.4) is 0 Å². The predicted octanol–water partition coefficient (Wildman–Crippen LogP) is 3.51. The summed E-state index contributed by atoms with van der Waals surface area (Å²) in [6.45, 7) is 3.55. The number of pyridine rings is 1. The molecule has 0 saturated carbocycles. The minimum absolute atomic E-state index is 0.143. The molecule has 0 saturated heterocycles. The summed E-state index contributed by atoms with van der Waals surface area (Å²) in [6.07, 6.45) is 2.33. The Balaban J connectivity index is 1.57. The van der Waals surface area contributed by atoms with Crippen molar-refractivity contribution in [2.75, 3.05) is 13.2 Å². The molecule has 126 valence electrons. The maximum atomic E-state index is 12.0. The van der Waals surface area contributed by atoms with E-state index in [4.69, 9.17) is 9.47 Å². The Hall–Kier alpha value is -2.56. The first-order valence-electron chi connectivity index (χ1n) is 8.30. The van der Waals surface area contributed by atoms with Gasteiger partial charge < -0.3 is 14.8 Å². The van der Waals surface area contributed by atoms with Gasteiger partial charge in [-0.2, -0.15) is 0 Å². The van der Waals surface area contributed by atoms with Gasteiger partial charge in [0.15, 0.2) is 0 Å². The van der Waals surface area contributed by atoms with Crippen LogP contribution in [0.1, 0.15) is 30.5 Å². The van der Waals surface area contributed by atoms with E-state index in [1.165, 1.54) is 0 Å². The smallest absolute Gasteiger partial charge is 0.407 e. The Kier molecular flexibility index (Phi) is 5.31. The van der Waals surface area contributed by atoms with Crippen LogP contribution < -0.4 is 10.1 Å². The second-order valence-corrected chi connectivity index (χ2v) is 5.92. The third-order valence-electron chi connectivity index (χ3n) is 4.38. The highest BCUT2D eigenvalue weighted by molar-refractivity contribution is 5.67. The number of ether oxygens (including phenoxy) is 2. The largest absolute Gasteiger partial charge is 0.491 e. The Bertz CT molecular complexity index is 675. The van der Waals surface area contributed by atoms with Crippen LogP contribution in [0.5, 0.6) is 5.75 Å². The quantitative estimate of drug-likeness (QED) is 0.913. The SMILES string of the molecule is CC[C@@H]1COc2cccnc2[C@@H]1CNC(=O)OCc1ccccc1. The highest BCUT2D eigenvalue weighted by atomic mass is 16.5. The summed E-state index contributed by atoms with van der Waals surface area (Å²) in [4.78, 5) is 16.4. The van der Waals surface area contributed by atoms with Crippen molar-refractivity contribution in [1.29, 1.82) is 0 Å². The summed E-state index contributed by atoms with van der Waals surface area (Å²) in [7, 11) is 0.